The van der Waals surface area contributed by atoms with Gasteiger partial charge in [-0.2, -0.15) is 0 Å². The summed E-state index contributed by atoms with van der Waals surface area (Å²) >= 11 is 0. The second-order valence-electron chi connectivity index (χ2n) is 7.10. The van der Waals surface area contributed by atoms with Crippen molar-refractivity contribution >= 4 is 23.8 Å². The molecular weight excluding hydrogens is 432 g/mol. The van der Waals surface area contributed by atoms with Crippen LogP contribution in [0.25, 0.3) is 0 Å². The molecule has 5 amide bonds. The molecule has 0 bridgehead atoms. The summed E-state index contributed by atoms with van der Waals surface area (Å²) in [5.41, 5.74) is -1.08. The number of ether oxygens (including phenoxy) is 3. The predicted molar refractivity (Wildman–Crippen MR) is 114 cm³/mol. The number of rotatable bonds is 10. The lowest BCUT2D eigenvalue weighted by Crippen LogP contribution is -2.69. The van der Waals surface area contributed by atoms with Crippen molar-refractivity contribution in [3.63, 3.8) is 0 Å². The Kier molecular flexibility index (Phi) is 7.57. The summed E-state index contributed by atoms with van der Waals surface area (Å²) in [6.45, 7) is 4.09. The highest BCUT2D eigenvalue weighted by molar-refractivity contribution is 6.21. The lowest BCUT2D eigenvalue weighted by atomic mass is 9.95. The van der Waals surface area contributed by atoms with Crippen LogP contribution in [0.1, 0.15) is 25.8 Å². The number of nitrogens with one attached hydrogen (secondary N) is 3. The molecule has 0 atom stereocenters. The lowest BCUT2D eigenvalue weighted by Gasteiger charge is -2.33. The zero-order chi connectivity index (χ0) is 23.8. The Morgan fingerprint density at radius 3 is 2.27 bits per heavy atom. The van der Waals surface area contributed by atoms with E-state index < -0.39 is 23.4 Å². The standard InChI is InChI=1S/C22H24N4O7/c1-3-31-11-10-22(19(28)25-21(30)26-20(22)29)33-18-9-8-17(13-24-18)32-16-6-4-15(5-7-16)12-23-14(2)27/h4-9,13H,3,10-12H2,1-2H3,(H,23,27)(H2,25,26,28,29,30). The summed E-state index contributed by atoms with van der Waals surface area (Å²) in [4.78, 5) is 51.6. The Bertz CT molecular complexity index is 1000. The highest BCUT2D eigenvalue weighted by Gasteiger charge is 2.53. The Balaban J connectivity index is 1.68. The van der Waals surface area contributed by atoms with Crippen LogP contribution in [0.5, 0.6) is 17.4 Å². The zero-order valence-electron chi connectivity index (χ0n) is 18.2. The van der Waals surface area contributed by atoms with Gasteiger partial charge in [-0.3, -0.25) is 25.0 Å². The number of carbonyl (C=O) groups excluding carboxylic acids is 4. The zero-order valence-corrected chi connectivity index (χ0v) is 18.2. The normalized spacial score (nSPS) is 14.8. The number of urea groups is 1. The molecule has 1 fully saturated rings. The first-order valence-corrected chi connectivity index (χ1v) is 10.2. The third-order valence-electron chi connectivity index (χ3n) is 4.68. The summed E-state index contributed by atoms with van der Waals surface area (Å²) in [5, 5.41) is 6.80. The van der Waals surface area contributed by atoms with E-state index in [1.807, 2.05) is 22.8 Å². The maximum Gasteiger partial charge on any atom is 0.328 e. The largest absolute Gasteiger partial charge is 0.456 e. The van der Waals surface area contributed by atoms with Crippen molar-refractivity contribution < 1.29 is 33.4 Å². The van der Waals surface area contributed by atoms with Crippen molar-refractivity contribution in [3.8, 4) is 17.4 Å². The van der Waals surface area contributed by atoms with Crippen LogP contribution in [-0.4, -0.2) is 47.6 Å². The Hall–Kier alpha value is -3.99. The number of barbiturate groups is 1. The van der Waals surface area contributed by atoms with Crippen molar-refractivity contribution in [2.75, 3.05) is 13.2 Å². The van der Waals surface area contributed by atoms with Crippen LogP contribution in [0.2, 0.25) is 0 Å². The number of imide groups is 2. The number of carbonyl (C=O) groups is 4. The Morgan fingerprint density at radius 1 is 1.03 bits per heavy atom. The number of nitrogens with zero attached hydrogens (tertiary/aromatic N) is 1. The first-order chi connectivity index (χ1) is 15.8. The molecule has 11 heteroatoms. The average Bonchev–Trinajstić information content (AvgIpc) is 2.78. The Labute approximate surface area is 189 Å². The first kappa shape index (κ1) is 23.7. The van der Waals surface area contributed by atoms with E-state index in [1.165, 1.54) is 19.2 Å². The van der Waals surface area contributed by atoms with Gasteiger partial charge in [-0.15, -0.1) is 0 Å². The fourth-order valence-corrected chi connectivity index (χ4v) is 2.98. The van der Waals surface area contributed by atoms with E-state index >= 15 is 0 Å². The molecule has 1 aliphatic heterocycles. The molecule has 3 rings (SSSR count). The van der Waals surface area contributed by atoms with Crippen LogP contribution in [0.4, 0.5) is 4.79 Å². The van der Waals surface area contributed by atoms with E-state index in [1.54, 1.807) is 25.1 Å². The van der Waals surface area contributed by atoms with Gasteiger partial charge in [0.1, 0.15) is 11.5 Å². The van der Waals surface area contributed by atoms with Crippen molar-refractivity contribution in [3.05, 3.63) is 48.2 Å². The van der Waals surface area contributed by atoms with E-state index in [-0.39, 0.29) is 24.8 Å². The lowest BCUT2D eigenvalue weighted by molar-refractivity contribution is -0.153. The minimum Gasteiger partial charge on any atom is -0.456 e. The summed E-state index contributed by atoms with van der Waals surface area (Å²) in [7, 11) is 0. The molecule has 1 aliphatic rings. The van der Waals surface area contributed by atoms with Crippen LogP contribution in [-0.2, 0) is 25.7 Å². The van der Waals surface area contributed by atoms with Crippen molar-refractivity contribution in [1.82, 2.24) is 20.9 Å². The molecule has 11 nitrogen and oxygen atoms in total. The molecule has 0 saturated carbocycles. The van der Waals surface area contributed by atoms with Crippen molar-refractivity contribution in [2.24, 2.45) is 0 Å². The third-order valence-corrected chi connectivity index (χ3v) is 4.68. The molecule has 33 heavy (non-hydrogen) atoms. The predicted octanol–water partition coefficient (Wildman–Crippen LogP) is 1.42. The first-order valence-electron chi connectivity index (χ1n) is 10.2. The molecule has 2 aromatic rings. The number of pyridine rings is 1. The Morgan fingerprint density at radius 2 is 1.70 bits per heavy atom. The molecule has 1 saturated heterocycles. The smallest absolute Gasteiger partial charge is 0.328 e. The molecule has 1 aromatic carbocycles. The van der Waals surface area contributed by atoms with Gasteiger partial charge in [0.15, 0.2) is 0 Å². The SMILES string of the molecule is CCOCCC1(Oc2ccc(Oc3ccc(CNC(C)=O)cc3)cn2)C(=O)NC(=O)NC1=O. The van der Waals surface area contributed by atoms with Crippen molar-refractivity contribution in [1.29, 1.82) is 0 Å². The van der Waals surface area contributed by atoms with E-state index in [2.05, 4.69) is 10.3 Å². The second kappa shape index (κ2) is 10.6. The minimum atomic E-state index is -2.00. The van der Waals surface area contributed by atoms with Gasteiger partial charge in [0.05, 0.1) is 12.8 Å². The van der Waals surface area contributed by atoms with Gasteiger partial charge in [0.25, 0.3) is 17.4 Å². The van der Waals surface area contributed by atoms with Gasteiger partial charge in [-0.05, 0) is 30.7 Å². The number of amides is 5. The summed E-state index contributed by atoms with van der Waals surface area (Å²) in [5.74, 6) is -0.958. The van der Waals surface area contributed by atoms with Crippen LogP contribution in [0.15, 0.2) is 42.6 Å². The monoisotopic (exact) mass is 456 g/mol. The third kappa shape index (κ3) is 6.04. The molecule has 0 radical (unpaired) electrons. The van der Waals surface area contributed by atoms with Gasteiger partial charge in [-0.1, -0.05) is 12.1 Å². The van der Waals surface area contributed by atoms with Gasteiger partial charge in [-0.25, -0.2) is 9.78 Å². The molecule has 3 N–H and O–H groups in total. The van der Waals surface area contributed by atoms with Crippen LogP contribution in [0, 0.1) is 0 Å². The molecule has 1 aromatic heterocycles. The molecule has 0 unspecified atom stereocenters. The fraction of sp³-hybridized carbons (Fsp3) is 0.318. The number of aromatic nitrogens is 1. The van der Waals surface area contributed by atoms with Crippen molar-refractivity contribution in [2.45, 2.75) is 32.4 Å². The van der Waals surface area contributed by atoms with E-state index in [4.69, 9.17) is 14.2 Å². The fourth-order valence-electron chi connectivity index (χ4n) is 2.98. The average molecular weight is 456 g/mol. The summed E-state index contributed by atoms with van der Waals surface area (Å²) < 4.78 is 16.7. The summed E-state index contributed by atoms with van der Waals surface area (Å²) in [6, 6.07) is 9.23. The highest BCUT2D eigenvalue weighted by Crippen LogP contribution is 2.26. The summed E-state index contributed by atoms with van der Waals surface area (Å²) in [6.07, 6.45) is 1.26. The van der Waals surface area contributed by atoms with Gasteiger partial charge < -0.3 is 19.5 Å². The van der Waals surface area contributed by atoms with Gasteiger partial charge >= 0.3 is 6.03 Å². The molecular formula is C22H24N4O7. The number of hydrogen-bond acceptors (Lipinski definition) is 8. The van der Waals surface area contributed by atoms with Gasteiger partial charge in [0, 0.05) is 32.6 Å². The molecule has 0 spiro atoms. The maximum absolute atomic E-state index is 12.5. The second-order valence-corrected chi connectivity index (χ2v) is 7.10. The number of benzene rings is 1. The number of hydrogen-bond donors (Lipinski definition) is 3. The molecule has 2 heterocycles. The van der Waals surface area contributed by atoms with Gasteiger partial charge in [0.2, 0.25) is 11.8 Å². The highest BCUT2D eigenvalue weighted by atomic mass is 16.5. The minimum absolute atomic E-state index is 0.0100. The van der Waals surface area contributed by atoms with E-state index in [0.29, 0.717) is 24.7 Å². The maximum atomic E-state index is 12.5. The van der Waals surface area contributed by atoms with Crippen LogP contribution in [0.3, 0.4) is 0 Å². The topological polar surface area (TPSA) is 145 Å². The van der Waals surface area contributed by atoms with Crippen LogP contribution < -0.4 is 25.4 Å². The molecule has 174 valence electrons. The molecule has 0 aliphatic carbocycles. The quantitative estimate of drug-likeness (QED) is 0.360. The van der Waals surface area contributed by atoms with E-state index in [9.17, 15) is 19.2 Å². The van der Waals surface area contributed by atoms with E-state index in [0.717, 1.165) is 5.56 Å². The van der Waals surface area contributed by atoms with Crippen LogP contribution >= 0.6 is 0 Å².